The topological polar surface area (TPSA) is 43.6 Å². The number of carboxylic acids is 1. The standard InChI is InChI=1S/C22H20N2O2SSe.F6P/c1-23(2)13-5-7-15-18(11-13)28-19-12-14(24(3)4)6-8-16(19)20(15)17-9-10-27-21(17)22(25)26;1-7(2,3,4,5)6/h5-12H,1-4H3;/q;-1/p+1. The number of nitrogens with zero attached hydrogens (tertiary/aromatic N) is 2. The number of carboxylic acid groups (broad SMARTS) is 1. The van der Waals surface area contributed by atoms with Crippen LogP contribution in [0, 0.1) is 0 Å². The van der Waals surface area contributed by atoms with E-state index in [1.54, 1.807) is 0 Å². The van der Waals surface area contributed by atoms with Crippen molar-refractivity contribution in [3.63, 3.8) is 0 Å². The number of carbonyl (C=O) groups is 1. The van der Waals surface area contributed by atoms with Gasteiger partial charge in [-0.3, -0.25) is 0 Å². The monoisotopic (exact) mass is 602 g/mol. The van der Waals surface area contributed by atoms with Gasteiger partial charge < -0.3 is 0 Å². The zero-order chi connectivity index (χ0) is 26.4. The van der Waals surface area contributed by atoms with Gasteiger partial charge in [-0.05, 0) is 0 Å². The Morgan fingerprint density at radius 3 is 2.14 bits per heavy atom. The number of aromatic carboxylic acids is 1. The summed E-state index contributed by atoms with van der Waals surface area (Å²) in [7, 11) is -2.48. The molecule has 0 spiro atoms. The maximum absolute atomic E-state index is 11.8. The zero-order valence-electron chi connectivity index (χ0n) is 18.9. The summed E-state index contributed by atoms with van der Waals surface area (Å²) < 4.78 is 63.9. The number of rotatable bonds is 3. The van der Waals surface area contributed by atoms with E-state index < -0.39 is 13.8 Å². The molecule has 1 aromatic heterocycles. The first-order valence-electron chi connectivity index (χ1n) is 9.87. The molecule has 0 saturated heterocycles. The fourth-order valence-corrected chi connectivity index (χ4v) is 6.55. The predicted octanol–water partition coefficient (Wildman–Crippen LogP) is 6.91. The number of fused-ring (bicyclic) bond motifs is 2. The molecule has 0 radical (unpaired) electrons. The van der Waals surface area contributed by atoms with Gasteiger partial charge >= 0.3 is 207 Å². The van der Waals surface area contributed by atoms with Gasteiger partial charge in [0.1, 0.15) is 0 Å². The molecule has 2 aromatic rings. The number of hydrogen-bond donors (Lipinski definition) is 1. The molecule has 1 aromatic carbocycles. The number of halogens is 6. The molecule has 4 nitrogen and oxygen atoms in total. The number of thiophene rings is 1. The molecule has 2 heterocycles. The molecule has 13 heteroatoms. The Hall–Kier alpha value is -2.39. The van der Waals surface area contributed by atoms with Gasteiger partial charge in [0.15, 0.2) is 0 Å². The molecule has 35 heavy (non-hydrogen) atoms. The summed E-state index contributed by atoms with van der Waals surface area (Å²) in [6.07, 6.45) is 0. The first-order valence-corrected chi connectivity index (χ1v) is 14.5. The van der Waals surface area contributed by atoms with Gasteiger partial charge in [-0.1, -0.05) is 0 Å². The van der Waals surface area contributed by atoms with Crippen LogP contribution < -0.4 is 14.8 Å². The van der Waals surface area contributed by atoms with Crippen LogP contribution in [0.5, 0.6) is 0 Å². The van der Waals surface area contributed by atoms with Crippen LogP contribution in [-0.4, -0.2) is 53.8 Å². The number of hydrogen-bond acceptors (Lipinski definition) is 3. The Morgan fingerprint density at radius 1 is 0.971 bits per heavy atom. The molecule has 0 saturated carbocycles. The van der Waals surface area contributed by atoms with Crippen LogP contribution in [0.15, 0.2) is 47.8 Å². The summed E-state index contributed by atoms with van der Waals surface area (Å²) in [4.78, 5) is 14.3. The van der Waals surface area contributed by atoms with Gasteiger partial charge in [0.25, 0.3) is 0 Å². The fraction of sp³-hybridized carbons (Fsp3) is 0.182. The number of anilines is 1. The molecule has 0 fully saturated rings. The van der Waals surface area contributed by atoms with Crippen molar-refractivity contribution in [1.82, 2.24) is 4.58 Å². The third kappa shape index (κ3) is 7.30. The third-order valence-corrected chi connectivity index (χ3v) is 8.09. The van der Waals surface area contributed by atoms with Gasteiger partial charge in [0.05, 0.1) is 0 Å². The van der Waals surface area contributed by atoms with Crippen LogP contribution in [0.4, 0.5) is 30.9 Å². The van der Waals surface area contributed by atoms with Crippen LogP contribution in [-0.2, 0) is 0 Å². The molecule has 0 amide bonds. The van der Waals surface area contributed by atoms with E-state index in [9.17, 15) is 35.1 Å². The molecule has 1 aliphatic carbocycles. The van der Waals surface area contributed by atoms with E-state index in [1.807, 2.05) is 39.6 Å². The minimum atomic E-state index is -10.7. The quantitative estimate of drug-likeness (QED) is 0.0913. The van der Waals surface area contributed by atoms with Crippen molar-refractivity contribution in [2.24, 2.45) is 0 Å². The van der Waals surface area contributed by atoms with E-state index in [2.05, 4.69) is 45.9 Å². The Bertz CT molecular complexity index is 1460. The van der Waals surface area contributed by atoms with Gasteiger partial charge in [-0.2, -0.15) is 0 Å². The summed E-state index contributed by atoms with van der Waals surface area (Å²) in [6, 6.07) is 14.9. The van der Waals surface area contributed by atoms with Gasteiger partial charge in [-0.15, -0.1) is 0 Å². The van der Waals surface area contributed by atoms with Crippen LogP contribution in [0.2, 0.25) is 0 Å². The maximum atomic E-state index is 11.8. The first-order chi connectivity index (χ1) is 15.8. The Morgan fingerprint density at radius 2 is 1.60 bits per heavy atom. The van der Waals surface area contributed by atoms with E-state index in [0.29, 0.717) is 4.88 Å². The normalized spacial score (nSPS) is 13.5. The Balaban J connectivity index is 0.000000429. The van der Waals surface area contributed by atoms with E-state index >= 15 is 0 Å². The van der Waals surface area contributed by atoms with Gasteiger partial charge in [-0.25, -0.2) is 0 Å². The first kappa shape index (κ1) is 27.2. The molecule has 1 N–H and O–H groups in total. The fourth-order valence-electron chi connectivity index (χ4n) is 3.39. The van der Waals surface area contributed by atoms with E-state index in [-0.39, 0.29) is 14.5 Å². The van der Waals surface area contributed by atoms with Crippen molar-refractivity contribution >= 4 is 55.0 Å². The molecule has 190 valence electrons. The third-order valence-electron chi connectivity index (χ3n) is 4.85. The molecule has 4 rings (SSSR count). The van der Waals surface area contributed by atoms with Crippen molar-refractivity contribution in [3.05, 3.63) is 58.1 Å². The van der Waals surface area contributed by atoms with Crippen molar-refractivity contribution in [1.29, 1.82) is 0 Å². The summed E-state index contributed by atoms with van der Waals surface area (Å²) in [5.74, 6) is -0.869. The second-order valence-electron chi connectivity index (χ2n) is 8.05. The molecular weight excluding hydrogens is 580 g/mol. The van der Waals surface area contributed by atoms with E-state index in [0.717, 1.165) is 33.1 Å². The second kappa shape index (κ2) is 8.62. The van der Waals surface area contributed by atoms with Crippen LogP contribution in [0.1, 0.15) is 9.67 Å². The molecular formula is C22H21F6N2O2PSSe. The van der Waals surface area contributed by atoms with Crippen molar-refractivity contribution < 1.29 is 35.1 Å². The Kier molecular flexibility index (Phi) is 6.70. The SMILES string of the molecule is CN(C)c1ccc2c(-c3ccsc3C(=O)O)c3ccc(=[N+](C)C)cc-3[se]c2c1.F[P-](F)(F)(F)(F)F. The second-order valence-corrected chi connectivity index (χ2v) is 13.2. The predicted molar refractivity (Wildman–Crippen MR) is 133 cm³/mol. The van der Waals surface area contributed by atoms with Gasteiger partial charge in [0, 0.05) is 0 Å². The summed E-state index contributed by atoms with van der Waals surface area (Å²) in [6.45, 7) is 0. The van der Waals surface area contributed by atoms with Crippen LogP contribution in [0.3, 0.4) is 0 Å². The average Bonchev–Trinajstić information content (AvgIpc) is 3.18. The van der Waals surface area contributed by atoms with E-state index in [1.165, 1.54) is 20.0 Å². The van der Waals surface area contributed by atoms with Crippen LogP contribution >= 0.6 is 19.1 Å². The molecule has 0 bridgehead atoms. The Labute approximate surface area is 206 Å². The van der Waals surface area contributed by atoms with Crippen molar-refractivity contribution in [2.45, 2.75) is 0 Å². The zero-order valence-corrected chi connectivity index (χ0v) is 22.3. The van der Waals surface area contributed by atoms with E-state index in [4.69, 9.17) is 0 Å². The molecule has 0 unspecified atom stereocenters. The minimum absolute atomic E-state index is 0.158. The summed E-state index contributed by atoms with van der Waals surface area (Å²) in [5.41, 5.74) is 4.16. The molecule has 1 aliphatic heterocycles. The average molecular weight is 601 g/mol. The summed E-state index contributed by atoms with van der Waals surface area (Å²) in [5, 5.41) is 13.9. The van der Waals surface area contributed by atoms with Crippen LogP contribution in [0.25, 0.3) is 30.8 Å². The van der Waals surface area contributed by atoms with Crippen molar-refractivity contribution in [2.75, 3.05) is 33.1 Å². The van der Waals surface area contributed by atoms with Gasteiger partial charge in [0.2, 0.25) is 0 Å². The molecule has 0 atom stereocenters. The molecule has 2 aliphatic rings. The van der Waals surface area contributed by atoms with Crippen molar-refractivity contribution in [3.8, 4) is 21.1 Å². The summed E-state index contributed by atoms with van der Waals surface area (Å²) >= 11 is 1.44. The number of benzene rings is 2.